The Morgan fingerprint density at radius 1 is 1.56 bits per heavy atom. The molecule has 2 heterocycles. The zero-order valence-corrected chi connectivity index (χ0v) is 10.7. The second-order valence-corrected chi connectivity index (χ2v) is 4.64. The molecule has 5 nitrogen and oxygen atoms in total. The molecule has 0 aliphatic heterocycles. The number of aromatic nitrogens is 3. The van der Waals surface area contributed by atoms with Crippen LogP contribution in [0.2, 0.25) is 0 Å². The zero-order valence-electron chi connectivity index (χ0n) is 9.91. The van der Waals surface area contributed by atoms with Crippen molar-refractivity contribution in [2.45, 2.75) is 24.2 Å². The van der Waals surface area contributed by atoms with Gasteiger partial charge in [0.15, 0.2) is 0 Å². The lowest BCUT2D eigenvalue weighted by molar-refractivity contribution is 0.0696. The Bertz CT molecular complexity index is 554. The van der Waals surface area contributed by atoms with Gasteiger partial charge in [0, 0.05) is 30.4 Å². The van der Waals surface area contributed by atoms with E-state index in [1.165, 1.54) is 24.0 Å². The van der Waals surface area contributed by atoms with E-state index in [0.717, 1.165) is 18.0 Å². The van der Waals surface area contributed by atoms with Crippen LogP contribution in [0, 0.1) is 0 Å². The van der Waals surface area contributed by atoms with Gasteiger partial charge in [0.2, 0.25) is 0 Å². The molecule has 0 saturated carbocycles. The Morgan fingerprint density at radius 3 is 3.11 bits per heavy atom. The fourth-order valence-corrected chi connectivity index (χ4v) is 2.40. The summed E-state index contributed by atoms with van der Waals surface area (Å²) in [5.74, 6) is -0.206. The molecule has 0 unspecified atom stereocenters. The number of rotatable bonds is 5. The predicted molar refractivity (Wildman–Crippen MR) is 68.7 cm³/mol. The Hall–Kier alpha value is -1.82. The number of aromatic carboxylic acids is 1. The van der Waals surface area contributed by atoms with Crippen molar-refractivity contribution in [3.8, 4) is 0 Å². The Labute approximate surface area is 109 Å². The molecule has 94 valence electrons. The van der Waals surface area contributed by atoms with Crippen molar-refractivity contribution in [1.29, 1.82) is 0 Å². The minimum atomic E-state index is -0.933. The van der Waals surface area contributed by atoms with Gasteiger partial charge in [0.25, 0.3) is 0 Å². The lowest BCUT2D eigenvalue weighted by Gasteiger charge is -2.04. The number of carboxylic acids is 1. The van der Waals surface area contributed by atoms with E-state index in [1.54, 1.807) is 12.4 Å². The second-order valence-electron chi connectivity index (χ2n) is 3.65. The minimum Gasteiger partial charge on any atom is -0.478 e. The number of nitrogens with zero attached hydrogens (tertiary/aromatic N) is 3. The third-order valence-electron chi connectivity index (χ3n) is 2.49. The number of thioether (sulfide) groups is 1. The molecule has 2 aromatic heterocycles. The van der Waals surface area contributed by atoms with Crippen LogP contribution >= 0.6 is 11.8 Å². The predicted octanol–water partition coefficient (Wildman–Crippen LogP) is 2.29. The summed E-state index contributed by atoms with van der Waals surface area (Å²) >= 11 is 1.50. The van der Waals surface area contributed by atoms with Gasteiger partial charge in [-0.2, -0.15) is 0 Å². The number of aryl methyl sites for hydroxylation is 1. The van der Waals surface area contributed by atoms with E-state index in [0.29, 0.717) is 5.03 Å². The normalized spacial score (nSPS) is 10.5. The average Bonchev–Trinajstić information content (AvgIpc) is 2.84. The van der Waals surface area contributed by atoms with Crippen molar-refractivity contribution in [1.82, 2.24) is 14.5 Å². The topological polar surface area (TPSA) is 68.0 Å². The van der Waals surface area contributed by atoms with Crippen LogP contribution in [0.15, 0.2) is 35.9 Å². The van der Waals surface area contributed by atoms with E-state index in [9.17, 15) is 4.79 Å². The summed E-state index contributed by atoms with van der Waals surface area (Å²) in [5, 5.41) is 9.60. The summed E-state index contributed by atoms with van der Waals surface area (Å²) in [5.41, 5.74) is 1.36. The molecule has 18 heavy (non-hydrogen) atoms. The van der Waals surface area contributed by atoms with Gasteiger partial charge in [-0.3, -0.25) is 0 Å². The molecule has 1 N–H and O–H groups in total. The van der Waals surface area contributed by atoms with E-state index < -0.39 is 5.97 Å². The smallest absolute Gasteiger partial charge is 0.335 e. The lowest BCUT2D eigenvalue weighted by Crippen LogP contribution is -1.99. The van der Waals surface area contributed by atoms with E-state index in [2.05, 4.69) is 16.9 Å². The highest BCUT2D eigenvalue weighted by atomic mass is 32.2. The van der Waals surface area contributed by atoms with E-state index in [4.69, 9.17) is 5.11 Å². The molecule has 6 heteroatoms. The van der Waals surface area contributed by atoms with Gasteiger partial charge < -0.3 is 9.67 Å². The van der Waals surface area contributed by atoms with Crippen molar-refractivity contribution in [3.05, 3.63) is 42.1 Å². The Morgan fingerprint density at radius 2 is 2.39 bits per heavy atom. The van der Waals surface area contributed by atoms with Crippen molar-refractivity contribution < 1.29 is 9.90 Å². The number of hydrogen-bond acceptors (Lipinski definition) is 4. The molecular weight excluding hydrogens is 250 g/mol. The van der Waals surface area contributed by atoms with E-state index in [-0.39, 0.29) is 5.56 Å². The monoisotopic (exact) mass is 263 g/mol. The summed E-state index contributed by atoms with van der Waals surface area (Å²) in [6.07, 6.45) is 5.12. The molecule has 0 saturated heterocycles. The highest BCUT2D eigenvalue weighted by Crippen LogP contribution is 2.21. The number of carbonyl (C=O) groups is 1. The molecular formula is C12H13N3O2S. The van der Waals surface area contributed by atoms with Crippen molar-refractivity contribution in [3.63, 3.8) is 0 Å². The molecule has 2 aromatic rings. The number of carboxylic acid groups (broad SMARTS) is 1. The summed E-state index contributed by atoms with van der Waals surface area (Å²) < 4.78 is 2.05. The van der Waals surface area contributed by atoms with Crippen LogP contribution in [0.1, 0.15) is 23.0 Å². The number of imidazole rings is 1. The van der Waals surface area contributed by atoms with Crippen LogP contribution in [0.4, 0.5) is 0 Å². The molecule has 0 bridgehead atoms. The van der Waals surface area contributed by atoms with Crippen LogP contribution in [-0.2, 0) is 12.3 Å². The summed E-state index contributed by atoms with van der Waals surface area (Å²) in [6.45, 7) is 2.93. The zero-order chi connectivity index (χ0) is 13.0. The second kappa shape index (κ2) is 5.68. The average molecular weight is 263 g/mol. The fourth-order valence-electron chi connectivity index (χ4n) is 1.52. The van der Waals surface area contributed by atoms with Crippen molar-refractivity contribution in [2.24, 2.45) is 0 Å². The maximum Gasteiger partial charge on any atom is 0.335 e. The first-order chi connectivity index (χ1) is 8.70. The van der Waals surface area contributed by atoms with Crippen LogP contribution in [-0.4, -0.2) is 25.6 Å². The molecule has 0 fully saturated rings. The third kappa shape index (κ3) is 2.89. The van der Waals surface area contributed by atoms with Gasteiger partial charge in [0.05, 0.1) is 16.9 Å². The van der Waals surface area contributed by atoms with Crippen LogP contribution in [0.25, 0.3) is 0 Å². The van der Waals surface area contributed by atoms with Gasteiger partial charge in [-0.1, -0.05) is 0 Å². The largest absolute Gasteiger partial charge is 0.478 e. The molecule has 0 aliphatic carbocycles. The van der Waals surface area contributed by atoms with Gasteiger partial charge in [-0.05, 0) is 19.1 Å². The highest BCUT2D eigenvalue weighted by molar-refractivity contribution is 7.98. The first kappa shape index (κ1) is 12.6. The maximum atomic E-state index is 10.8. The Kier molecular flexibility index (Phi) is 3.99. The molecule has 0 radical (unpaired) electrons. The van der Waals surface area contributed by atoms with Crippen LogP contribution in [0.3, 0.4) is 0 Å². The van der Waals surface area contributed by atoms with Crippen molar-refractivity contribution >= 4 is 17.7 Å². The number of pyridine rings is 1. The summed E-state index contributed by atoms with van der Waals surface area (Å²) in [6, 6.07) is 3.07. The first-order valence-corrected chi connectivity index (χ1v) is 6.50. The van der Waals surface area contributed by atoms with Crippen LogP contribution < -0.4 is 0 Å². The standard InChI is InChI=1S/C12H13N3O2S/c1-2-15-8-13-6-10(15)7-18-11-5-9(12(16)17)3-4-14-11/h3-6,8H,2,7H2,1H3,(H,16,17). The van der Waals surface area contributed by atoms with E-state index >= 15 is 0 Å². The maximum absolute atomic E-state index is 10.8. The molecule has 0 amide bonds. The SMILES string of the molecule is CCn1cncc1CSc1cc(C(=O)O)ccn1. The lowest BCUT2D eigenvalue weighted by atomic mass is 10.3. The Balaban J connectivity index is 2.06. The molecule has 2 rings (SSSR count). The highest BCUT2D eigenvalue weighted by Gasteiger charge is 2.06. The molecule has 0 aliphatic rings. The molecule has 0 atom stereocenters. The quantitative estimate of drug-likeness (QED) is 0.838. The summed E-state index contributed by atoms with van der Waals surface area (Å²) in [7, 11) is 0. The summed E-state index contributed by atoms with van der Waals surface area (Å²) in [4.78, 5) is 19.1. The van der Waals surface area contributed by atoms with Crippen LogP contribution in [0.5, 0.6) is 0 Å². The minimum absolute atomic E-state index is 0.261. The molecule has 0 aromatic carbocycles. The van der Waals surface area contributed by atoms with Gasteiger partial charge >= 0.3 is 5.97 Å². The van der Waals surface area contributed by atoms with Crippen molar-refractivity contribution in [2.75, 3.05) is 0 Å². The first-order valence-electron chi connectivity index (χ1n) is 5.52. The molecule has 0 spiro atoms. The van der Waals surface area contributed by atoms with Gasteiger partial charge in [-0.15, -0.1) is 11.8 Å². The third-order valence-corrected chi connectivity index (χ3v) is 3.45. The van der Waals surface area contributed by atoms with E-state index in [1.807, 2.05) is 10.8 Å². The fraction of sp³-hybridized carbons (Fsp3) is 0.250. The van der Waals surface area contributed by atoms with Gasteiger partial charge in [-0.25, -0.2) is 14.8 Å². The number of hydrogen-bond donors (Lipinski definition) is 1. The van der Waals surface area contributed by atoms with Gasteiger partial charge in [0.1, 0.15) is 0 Å².